The highest BCUT2D eigenvalue weighted by atomic mass is 16.7. The van der Waals surface area contributed by atoms with E-state index in [-0.39, 0.29) is 0 Å². The molecule has 0 aliphatic heterocycles. The predicted molar refractivity (Wildman–Crippen MR) is 56.4 cm³/mol. The zero-order chi connectivity index (χ0) is 12.0. The molecule has 1 unspecified atom stereocenters. The van der Waals surface area contributed by atoms with Crippen molar-refractivity contribution in [2.45, 2.75) is 20.0 Å². The van der Waals surface area contributed by atoms with E-state index in [0.29, 0.717) is 5.75 Å². The number of ether oxygens (including phenoxy) is 1. The summed E-state index contributed by atoms with van der Waals surface area (Å²) in [5.41, 5.74) is 1.99. The van der Waals surface area contributed by atoms with Gasteiger partial charge in [0.25, 0.3) is 5.91 Å². The van der Waals surface area contributed by atoms with E-state index in [9.17, 15) is 9.59 Å². The van der Waals surface area contributed by atoms with E-state index in [1.807, 2.05) is 11.5 Å². The van der Waals surface area contributed by atoms with Gasteiger partial charge >= 0.3 is 5.97 Å². The molecular weight excluding hydrogens is 210 g/mol. The molecule has 0 fully saturated rings. The van der Waals surface area contributed by atoms with E-state index in [1.165, 1.54) is 6.92 Å². The summed E-state index contributed by atoms with van der Waals surface area (Å²) < 4.78 is 5.31. The zero-order valence-corrected chi connectivity index (χ0v) is 9.10. The number of amides is 1. The quantitative estimate of drug-likeness (QED) is 0.778. The van der Waals surface area contributed by atoms with Crippen LogP contribution in [0.25, 0.3) is 0 Å². The minimum Gasteiger partial charge on any atom is -0.481 e. The first kappa shape index (κ1) is 12.0. The predicted octanol–water partition coefficient (Wildman–Crippen LogP) is 1.05. The molecule has 0 aliphatic rings. The van der Waals surface area contributed by atoms with Crippen molar-refractivity contribution in [3.8, 4) is 5.75 Å². The van der Waals surface area contributed by atoms with E-state index < -0.39 is 18.0 Å². The fourth-order valence-corrected chi connectivity index (χ4v) is 0.962. The van der Waals surface area contributed by atoms with Crippen LogP contribution in [0.4, 0.5) is 0 Å². The van der Waals surface area contributed by atoms with E-state index in [1.54, 1.807) is 31.2 Å². The van der Waals surface area contributed by atoms with Crippen molar-refractivity contribution in [2.75, 3.05) is 0 Å². The summed E-state index contributed by atoms with van der Waals surface area (Å²) in [6.07, 6.45) is -0.734. The van der Waals surface area contributed by atoms with Crippen LogP contribution in [0.2, 0.25) is 0 Å². The number of hydrogen-bond acceptors (Lipinski definition) is 4. The van der Waals surface area contributed by atoms with Crippen molar-refractivity contribution in [2.24, 2.45) is 0 Å². The molecule has 16 heavy (non-hydrogen) atoms. The Morgan fingerprint density at radius 1 is 1.25 bits per heavy atom. The van der Waals surface area contributed by atoms with Crippen molar-refractivity contribution in [3.05, 3.63) is 30.3 Å². The lowest BCUT2D eigenvalue weighted by Gasteiger charge is -2.13. The van der Waals surface area contributed by atoms with E-state index in [2.05, 4.69) is 4.84 Å². The molecule has 1 aromatic rings. The van der Waals surface area contributed by atoms with Gasteiger partial charge in [-0.25, -0.2) is 0 Å². The van der Waals surface area contributed by atoms with Crippen LogP contribution in [0.3, 0.4) is 0 Å². The fourth-order valence-electron chi connectivity index (χ4n) is 0.962. The second-order valence-corrected chi connectivity index (χ2v) is 3.13. The fraction of sp³-hybridized carbons (Fsp3) is 0.273. The number of carbonyl (C=O) groups excluding carboxylic acids is 2. The van der Waals surface area contributed by atoms with Crippen LogP contribution in [0, 0.1) is 0 Å². The van der Waals surface area contributed by atoms with Gasteiger partial charge in [-0.05, 0) is 19.1 Å². The van der Waals surface area contributed by atoms with Crippen LogP contribution >= 0.6 is 0 Å². The van der Waals surface area contributed by atoms with Gasteiger partial charge in [-0.3, -0.25) is 9.59 Å². The topological polar surface area (TPSA) is 64.6 Å². The van der Waals surface area contributed by atoms with Gasteiger partial charge in [-0.15, -0.1) is 0 Å². The molecule has 0 aliphatic carbocycles. The van der Waals surface area contributed by atoms with E-state index >= 15 is 0 Å². The van der Waals surface area contributed by atoms with Gasteiger partial charge in [0.15, 0.2) is 6.10 Å². The number of carbonyl (C=O) groups is 2. The van der Waals surface area contributed by atoms with Crippen molar-refractivity contribution < 1.29 is 19.2 Å². The van der Waals surface area contributed by atoms with Gasteiger partial charge in [0.05, 0.1) is 0 Å². The second-order valence-electron chi connectivity index (χ2n) is 3.13. The van der Waals surface area contributed by atoms with Gasteiger partial charge < -0.3 is 9.57 Å². The van der Waals surface area contributed by atoms with E-state index in [4.69, 9.17) is 4.74 Å². The average Bonchev–Trinajstić information content (AvgIpc) is 2.27. The maximum atomic E-state index is 11.3. The third kappa shape index (κ3) is 4.00. The van der Waals surface area contributed by atoms with Gasteiger partial charge in [0, 0.05) is 6.92 Å². The smallest absolute Gasteiger partial charge is 0.329 e. The largest absolute Gasteiger partial charge is 0.481 e. The van der Waals surface area contributed by atoms with Gasteiger partial charge in [0.2, 0.25) is 0 Å². The van der Waals surface area contributed by atoms with Crippen LogP contribution in [0.5, 0.6) is 5.75 Å². The SMILES string of the molecule is CC(=O)ONC(=O)C(C)Oc1ccccc1. The first-order valence-electron chi connectivity index (χ1n) is 4.78. The molecule has 86 valence electrons. The third-order valence-corrected chi connectivity index (χ3v) is 1.72. The highest BCUT2D eigenvalue weighted by Crippen LogP contribution is 2.10. The maximum Gasteiger partial charge on any atom is 0.329 e. The molecule has 0 spiro atoms. The average molecular weight is 223 g/mol. The number of hydrogen-bond donors (Lipinski definition) is 1. The Kier molecular flexibility index (Phi) is 4.32. The number of nitrogens with one attached hydrogen (secondary N) is 1. The Balaban J connectivity index is 2.43. The van der Waals surface area contributed by atoms with Crippen LogP contribution in [-0.2, 0) is 14.4 Å². The first-order chi connectivity index (χ1) is 7.59. The number of rotatable bonds is 3. The van der Waals surface area contributed by atoms with Crippen LogP contribution in [-0.4, -0.2) is 18.0 Å². The van der Waals surface area contributed by atoms with Gasteiger partial charge in [-0.1, -0.05) is 18.2 Å². The van der Waals surface area contributed by atoms with Crippen molar-refractivity contribution in [1.82, 2.24) is 5.48 Å². The van der Waals surface area contributed by atoms with Crippen LogP contribution < -0.4 is 10.2 Å². The van der Waals surface area contributed by atoms with Crippen LogP contribution in [0.1, 0.15) is 13.8 Å². The van der Waals surface area contributed by atoms with Crippen LogP contribution in [0.15, 0.2) is 30.3 Å². The standard InChI is InChI=1S/C11H13NO4/c1-8(11(14)12-16-9(2)13)15-10-6-4-3-5-7-10/h3-8H,1-2H3,(H,12,14). The molecule has 0 heterocycles. The molecule has 0 saturated heterocycles. The molecule has 5 heteroatoms. The normalized spacial score (nSPS) is 11.4. The molecule has 5 nitrogen and oxygen atoms in total. The molecule has 0 aromatic heterocycles. The molecule has 0 saturated carbocycles. The number of hydroxylamine groups is 1. The van der Waals surface area contributed by atoms with Crippen molar-refractivity contribution in [1.29, 1.82) is 0 Å². The Labute approximate surface area is 93.3 Å². The van der Waals surface area contributed by atoms with Crippen molar-refractivity contribution in [3.63, 3.8) is 0 Å². The minimum atomic E-state index is -0.734. The molecule has 1 amide bonds. The summed E-state index contributed by atoms with van der Waals surface area (Å²) in [7, 11) is 0. The van der Waals surface area contributed by atoms with E-state index in [0.717, 1.165) is 0 Å². The van der Waals surface area contributed by atoms with Gasteiger partial charge in [-0.2, -0.15) is 5.48 Å². The maximum absolute atomic E-state index is 11.3. The summed E-state index contributed by atoms with van der Waals surface area (Å²) >= 11 is 0. The minimum absolute atomic E-state index is 0.515. The lowest BCUT2D eigenvalue weighted by Crippen LogP contribution is -2.37. The Morgan fingerprint density at radius 2 is 1.88 bits per heavy atom. The Bertz CT molecular complexity index is 364. The first-order valence-corrected chi connectivity index (χ1v) is 4.78. The number of benzene rings is 1. The number of para-hydroxylation sites is 1. The third-order valence-electron chi connectivity index (χ3n) is 1.72. The molecule has 1 N–H and O–H groups in total. The Hall–Kier alpha value is -2.04. The monoisotopic (exact) mass is 223 g/mol. The molecule has 0 bridgehead atoms. The van der Waals surface area contributed by atoms with Crippen molar-refractivity contribution >= 4 is 11.9 Å². The summed E-state index contributed by atoms with van der Waals surface area (Å²) in [6.45, 7) is 2.76. The lowest BCUT2D eigenvalue weighted by molar-refractivity contribution is -0.158. The molecule has 1 atom stereocenters. The molecular formula is C11H13NO4. The lowest BCUT2D eigenvalue weighted by atomic mass is 10.3. The second kappa shape index (κ2) is 5.75. The summed E-state index contributed by atoms with van der Waals surface area (Å²) in [5.74, 6) is -0.521. The molecule has 1 aromatic carbocycles. The highest BCUT2D eigenvalue weighted by molar-refractivity contribution is 5.81. The Morgan fingerprint density at radius 3 is 2.44 bits per heavy atom. The molecule has 1 rings (SSSR count). The summed E-state index contributed by atoms with van der Waals surface area (Å²) in [4.78, 5) is 26.1. The zero-order valence-electron chi connectivity index (χ0n) is 9.10. The summed E-state index contributed by atoms with van der Waals surface area (Å²) in [5, 5.41) is 0. The highest BCUT2D eigenvalue weighted by Gasteiger charge is 2.15. The molecule has 0 radical (unpaired) electrons. The summed E-state index contributed by atoms with van der Waals surface area (Å²) in [6, 6.07) is 8.90. The van der Waals surface area contributed by atoms with Gasteiger partial charge in [0.1, 0.15) is 5.75 Å².